The largest absolute Gasteiger partial charge is 0.356 e. The highest BCUT2D eigenvalue weighted by Gasteiger charge is 2.31. The lowest BCUT2D eigenvalue weighted by atomic mass is 9.75. The Bertz CT molecular complexity index is 449. The molecule has 1 aliphatic carbocycles. The van der Waals surface area contributed by atoms with Crippen LogP contribution in [0, 0.1) is 12.3 Å². The number of hydrogen-bond donors (Lipinski definition) is 1. The van der Waals surface area contributed by atoms with E-state index in [0.717, 1.165) is 18.3 Å². The van der Waals surface area contributed by atoms with Crippen LogP contribution in [0.25, 0.3) is 0 Å². The lowest BCUT2D eigenvalue weighted by molar-refractivity contribution is -0.121. The molecule has 1 amide bonds. The Labute approximate surface area is 136 Å². The lowest BCUT2D eigenvalue weighted by Crippen LogP contribution is -2.40. The number of benzene rings is 1. The molecular weight excluding hydrogens is 326 g/mol. The Hall–Kier alpha value is -0.830. The monoisotopic (exact) mass is 351 g/mol. The molecule has 0 bridgehead atoms. The van der Waals surface area contributed by atoms with E-state index in [1.165, 1.54) is 43.2 Å². The fourth-order valence-electron chi connectivity index (χ4n) is 3.05. The molecule has 1 N–H and O–H groups in total. The average Bonchev–Trinajstić information content (AvgIpc) is 2.53. The number of carbonyl (C=O) groups is 1. The molecule has 21 heavy (non-hydrogen) atoms. The number of nitrogens with one attached hydrogen (secondary N) is 1. The molecule has 1 aromatic carbocycles. The summed E-state index contributed by atoms with van der Waals surface area (Å²) in [6.07, 6.45) is 7.81. The average molecular weight is 352 g/mol. The van der Waals surface area contributed by atoms with Gasteiger partial charge in [-0.15, -0.1) is 0 Å². The number of carbonyl (C=O) groups excluding carboxylic acids is 1. The summed E-state index contributed by atoms with van der Waals surface area (Å²) in [5.74, 6) is 0.182. The van der Waals surface area contributed by atoms with E-state index < -0.39 is 0 Å². The van der Waals surface area contributed by atoms with Gasteiger partial charge in [-0.25, -0.2) is 0 Å². The van der Waals surface area contributed by atoms with Crippen molar-refractivity contribution in [2.24, 2.45) is 5.41 Å². The number of amides is 1. The van der Waals surface area contributed by atoms with Crippen LogP contribution in [0.5, 0.6) is 0 Å². The topological polar surface area (TPSA) is 29.1 Å². The van der Waals surface area contributed by atoms with Crippen LogP contribution in [0.2, 0.25) is 0 Å². The van der Waals surface area contributed by atoms with Gasteiger partial charge in [-0.05, 0) is 37.2 Å². The zero-order valence-corrected chi connectivity index (χ0v) is 14.5. The maximum Gasteiger partial charge on any atom is 0.220 e. The highest BCUT2D eigenvalue weighted by atomic mass is 79.9. The van der Waals surface area contributed by atoms with Gasteiger partial charge in [0, 0.05) is 18.3 Å². The van der Waals surface area contributed by atoms with Crippen LogP contribution in [0.4, 0.5) is 0 Å². The maximum absolute atomic E-state index is 12.1. The Morgan fingerprint density at radius 3 is 2.48 bits per heavy atom. The molecule has 1 aromatic rings. The Kier molecular flexibility index (Phi) is 6.28. The fourth-order valence-corrected chi connectivity index (χ4v) is 3.81. The molecule has 0 spiro atoms. The predicted molar refractivity (Wildman–Crippen MR) is 91.8 cm³/mol. The van der Waals surface area contributed by atoms with Crippen LogP contribution in [-0.2, 0) is 11.2 Å². The summed E-state index contributed by atoms with van der Waals surface area (Å²) in [4.78, 5) is 12.1. The molecule has 0 radical (unpaired) electrons. The van der Waals surface area contributed by atoms with Crippen molar-refractivity contribution in [2.45, 2.75) is 51.9 Å². The molecule has 0 saturated heterocycles. The number of hydrogen-bond acceptors (Lipinski definition) is 1. The van der Waals surface area contributed by atoms with E-state index in [4.69, 9.17) is 0 Å². The van der Waals surface area contributed by atoms with Gasteiger partial charge >= 0.3 is 0 Å². The zero-order valence-electron chi connectivity index (χ0n) is 13.0. The van der Waals surface area contributed by atoms with Crippen molar-refractivity contribution in [1.82, 2.24) is 5.32 Å². The molecule has 3 heteroatoms. The first-order chi connectivity index (χ1) is 10.1. The Balaban J connectivity index is 1.75. The Morgan fingerprint density at radius 2 is 1.86 bits per heavy atom. The van der Waals surface area contributed by atoms with Crippen LogP contribution in [-0.4, -0.2) is 17.8 Å². The molecule has 0 aromatic heterocycles. The van der Waals surface area contributed by atoms with Crippen molar-refractivity contribution < 1.29 is 4.79 Å². The minimum Gasteiger partial charge on any atom is -0.356 e. The first-order valence-corrected chi connectivity index (χ1v) is 9.14. The number of alkyl halides is 1. The molecule has 0 aliphatic heterocycles. The van der Waals surface area contributed by atoms with Crippen molar-refractivity contribution in [2.75, 3.05) is 11.9 Å². The van der Waals surface area contributed by atoms with Gasteiger partial charge < -0.3 is 5.32 Å². The second-order valence-electron chi connectivity index (χ2n) is 6.46. The van der Waals surface area contributed by atoms with E-state index in [9.17, 15) is 4.79 Å². The predicted octanol–water partition coefficient (Wildman–Crippen LogP) is 4.39. The second kappa shape index (κ2) is 7.98. The van der Waals surface area contributed by atoms with Gasteiger partial charge in [0.05, 0.1) is 0 Å². The molecule has 0 heterocycles. The van der Waals surface area contributed by atoms with E-state index in [2.05, 4.69) is 52.4 Å². The molecule has 116 valence electrons. The van der Waals surface area contributed by atoms with Gasteiger partial charge in [0.2, 0.25) is 5.91 Å². The smallest absolute Gasteiger partial charge is 0.220 e. The molecular formula is C18H26BrNO. The van der Waals surface area contributed by atoms with Crippen LogP contribution >= 0.6 is 15.9 Å². The molecule has 1 aliphatic rings. The molecule has 1 saturated carbocycles. The van der Waals surface area contributed by atoms with Crippen LogP contribution in [0.3, 0.4) is 0 Å². The van der Waals surface area contributed by atoms with Gasteiger partial charge in [0.15, 0.2) is 0 Å². The van der Waals surface area contributed by atoms with E-state index in [0.29, 0.717) is 6.42 Å². The quantitative estimate of drug-likeness (QED) is 0.756. The van der Waals surface area contributed by atoms with E-state index in [1.54, 1.807) is 0 Å². The van der Waals surface area contributed by atoms with Crippen LogP contribution in [0.1, 0.15) is 49.7 Å². The normalized spacial score (nSPS) is 17.4. The first kappa shape index (κ1) is 16.5. The summed E-state index contributed by atoms with van der Waals surface area (Å²) in [6.45, 7) is 2.91. The molecule has 2 rings (SSSR count). The maximum atomic E-state index is 12.1. The summed E-state index contributed by atoms with van der Waals surface area (Å²) >= 11 is 3.65. The zero-order chi connectivity index (χ0) is 15.1. The van der Waals surface area contributed by atoms with Crippen molar-refractivity contribution in [3.05, 3.63) is 35.4 Å². The standard InChI is InChI=1S/C18H26BrNO/c1-15-5-7-16(8-6-15)9-10-17(21)20-14-18(13-19)11-3-2-4-12-18/h5-8H,2-4,9-14H2,1H3,(H,20,21). The van der Waals surface area contributed by atoms with Crippen LogP contribution in [0.15, 0.2) is 24.3 Å². The fraction of sp³-hybridized carbons (Fsp3) is 0.611. The lowest BCUT2D eigenvalue weighted by Gasteiger charge is -2.35. The van der Waals surface area contributed by atoms with Gasteiger partial charge in [-0.3, -0.25) is 4.79 Å². The van der Waals surface area contributed by atoms with Crippen molar-refractivity contribution in [3.8, 4) is 0 Å². The van der Waals surface area contributed by atoms with Crippen molar-refractivity contribution in [3.63, 3.8) is 0 Å². The molecule has 0 atom stereocenters. The number of aryl methyl sites for hydroxylation is 2. The molecule has 0 unspecified atom stereocenters. The summed E-state index contributed by atoms with van der Waals surface area (Å²) in [5.41, 5.74) is 2.79. The minimum atomic E-state index is 0.182. The number of halogens is 1. The van der Waals surface area contributed by atoms with Gasteiger partial charge in [-0.1, -0.05) is 65.0 Å². The number of rotatable bonds is 6. The summed E-state index contributed by atoms with van der Waals surface area (Å²) < 4.78 is 0. The molecule has 2 nitrogen and oxygen atoms in total. The van der Waals surface area contributed by atoms with Gasteiger partial charge in [0.25, 0.3) is 0 Å². The highest BCUT2D eigenvalue weighted by molar-refractivity contribution is 9.09. The third kappa shape index (κ3) is 5.14. The van der Waals surface area contributed by atoms with E-state index >= 15 is 0 Å². The van der Waals surface area contributed by atoms with Gasteiger partial charge in [-0.2, -0.15) is 0 Å². The minimum absolute atomic E-state index is 0.182. The summed E-state index contributed by atoms with van der Waals surface area (Å²) in [7, 11) is 0. The third-order valence-electron chi connectivity index (χ3n) is 4.62. The van der Waals surface area contributed by atoms with Crippen molar-refractivity contribution >= 4 is 21.8 Å². The van der Waals surface area contributed by atoms with Gasteiger partial charge in [0.1, 0.15) is 0 Å². The van der Waals surface area contributed by atoms with E-state index in [-0.39, 0.29) is 11.3 Å². The molecule has 1 fully saturated rings. The second-order valence-corrected chi connectivity index (χ2v) is 7.02. The SMILES string of the molecule is Cc1ccc(CCC(=O)NCC2(CBr)CCCCC2)cc1. The highest BCUT2D eigenvalue weighted by Crippen LogP contribution is 2.37. The summed E-state index contributed by atoms with van der Waals surface area (Å²) in [5, 5.41) is 4.16. The summed E-state index contributed by atoms with van der Waals surface area (Å²) in [6, 6.07) is 8.44. The van der Waals surface area contributed by atoms with E-state index in [1.807, 2.05) is 0 Å². The van der Waals surface area contributed by atoms with Crippen LogP contribution < -0.4 is 5.32 Å². The third-order valence-corrected chi connectivity index (χ3v) is 5.81. The Morgan fingerprint density at radius 1 is 1.19 bits per heavy atom. The van der Waals surface area contributed by atoms with Crippen molar-refractivity contribution in [1.29, 1.82) is 0 Å². The first-order valence-electron chi connectivity index (χ1n) is 8.02.